The first-order valence-electron chi connectivity index (χ1n) is 9.98. The number of rotatable bonds is 11. The lowest BCUT2D eigenvalue weighted by Crippen LogP contribution is -2.42. The molecule has 1 atom stereocenters. The quantitative estimate of drug-likeness (QED) is 0.302. The standard InChI is InChI=1S/C21H35N3O4/c1-14(2)16-8-7-9-17(15(3)4)19(16)28-21(26)27-13-12-24-20(25)18(23)10-5-6-11-22/h7-9,14-15,18H,5-6,10-13,22-23H2,1-4H3,(H,24,25)/t18-/m0/s1. The summed E-state index contributed by atoms with van der Waals surface area (Å²) in [5, 5.41) is 2.66. The van der Waals surface area contributed by atoms with Gasteiger partial charge < -0.3 is 26.3 Å². The summed E-state index contributed by atoms with van der Waals surface area (Å²) in [6, 6.07) is 5.29. The Bertz CT molecular complexity index is 606. The number of nitrogens with two attached hydrogens (primary N) is 2. The predicted molar refractivity (Wildman–Crippen MR) is 110 cm³/mol. The molecule has 0 aliphatic carbocycles. The second kappa shape index (κ2) is 12.4. The summed E-state index contributed by atoms with van der Waals surface area (Å²) >= 11 is 0. The van der Waals surface area contributed by atoms with E-state index >= 15 is 0 Å². The normalized spacial score (nSPS) is 12.1. The van der Waals surface area contributed by atoms with Gasteiger partial charge in [-0.1, -0.05) is 52.3 Å². The van der Waals surface area contributed by atoms with Crippen LogP contribution < -0.4 is 21.5 Å². The van der Waals surface area contributed by atoms with E-state index < -0.39 is 12.2 Å². The third-order valence-corrected chi connectivity index (χ3v) is 4.43. The molecule has 0 unspecified atom stereocenters. The Labute approximate surface area is 168 Å². The Morgan fingerprint density at radius 3 is 2.21 bits per heavy atom. The molecule has 0 heterocycles. The van der Waals surface area contributed by atoms with Gasteiger partial charge in [-0.2, -0.15) is 0 Å². The number of nitrogens with one attached hydrogen (secondary N) is 1. The topological polar surface area (TPSA) is 117 Å². The number of hydrogen-bond acceptors (Lipinski definition) is 6. The first-order valence-corrected chi connectivity index (χ1v) is 9.98. The van der Waals surface area contributed by atoms with Crippen molar-refractivity contribution in [2.75, 3.05) is 19.7 Å². The third-order valence-electron chi connectivity index (χ3n) is 4.43. The molecule has 1 amide bonds. The second-order valence-electron chi connectivity index (χ2n) is 7.46. The van der Waals surface area contributed by atoms with Crippen LogP contribution in [-0.4, -0.2) is 37.8 Å². The molecular weight excluding hydrogens is 358 g/mol. The van der Waals surface area contributed by atoms with E-state index in [0.717, 1.165) is 24.0 Å². The molecule has 0 aromatic heterocycles. The van der Waals surface area contributed by atoms with Crippen molar-refractivity contribution in [2.24, 2.45) is 11.5 Å². The number of benzene rings is 1. The van der Waals surface area contributed by atoms with E-state index in [9.17, 15) is 9.59 Å². The molecule has 0 radical (unpaired) electrons. The highest BCUT2D eigenvalue weighted by atomic mass is 16.7. The van der Waals surface area contributed by atoms with E-state index in [1.54, 1.807) is 0 Å². The highest BCUT2D eigenvalue weighted by Gasteiger charge is 2.19. The van der Waals surface area contributed by atoms with Crippen LogP contribution in [0.2, 0.25) is 0 Å². The highest BCUT2D eigenvalue weighted by molar-refractivity contribution is 5.81. The van der Waals surface area contributed by atoms with E-state index in [2.05, 4.69) is 5.32 Å². The molecule has 158 valence electrons. The molecule has 7 nitrogen and oxygen atoms in total. The van der Waals surface area contributed by atoms with E-state index in [0.29, 0.717) is 18.7 Å². The summed E-state index contributed by atoms with van der Waals surface area (Å²) in [7, 11) is 0. The van der Waals surface area contributed by atoms with Gasteiger partial charge in [0.05, 0.1) is 12.6 Å². The summed E-state index contributed by atoms with van der Waals surface area (Å²) in [4.78, 5) is 24.0. The van der Waals surface area contributed by atoms with E-state index in [-0.39, 0.29) is 30.9 Å². The van der Waals surface area contributed by atoms with Crippen LogP contribution in [0.1, 0.15) is 69.9 Å². The maximum Gasteiger partial charge on any atom is 0.513 e. The van der Waals surface area contributed by atoms with Gasteiger partial charge in [-0.25, -0.2) is 4.79 Å². The minimum absolute atomic E-state index is 0.0148. The summed E-state index contributed by atoms with van der Waals surface area (Å²) < 4.78 is 10.6. The fraction of sp³-hybridized carbons (Fsp3) is 0.619. The van der Waals surface area contributed by atoms with Gasteiger partial charge in [-0.3, -0.25) is 4.79 Å². The van der Waals surface area contributed by atoms with Gasteiger partial charge in [0.25, 0.3) is 0 Å². The zero-order valence-corrected chi connectivity index (χ0v) is 17.5. The molecular formula is C21H35N3O4. The molecule has 0 bridgehead atoms. The van der Waals surface area contributed by atoms with Crippen molar-refractivity contribution in [3.63, 3.8) is 0 Å². The van der Waals surface area contributed by atoms with Crippen LogP contribution in [0.4, 0.5) is 4.79 Å². The summed E-state index contributed by atoms with van der Waals surface area (Å²) in [6.07, 6.45) is 1.44. The first-order chi connectivity index (χ1) is 13.3. The lowest BCUT2D eigenvalue weighted by Gasteiger charge is -2.18. The van der Waals surface area contributed by atoms with Crippen molar-refractivity contribution >= 4 is 12.1 Å². The molecule has 7 heteroatoms. The molecule has 5 N–H and O–H groups in total. The number of amides is 1. The zero-order chi connectivity index (χ0) is 21.1. The summed E-state index contributed by atoms with van der Waals surface area (Å²) in [5.74, 6) is 0.716. The molecule has 1 aromatic rings. The Balaban J connectivity index is 2.50. The molecule has 0 aliphatic heterocycles. The van der Waals surface area contributed by atoms with Crippen molar-refractivity contribution in [3.8, 4) is 5.75 Å². The van der Waals surface area contributed by atoms with Gasteiger partial charge in [-0.15, -0.1) is 0 Å². The van der Waals surface area contributed by atoms with Crippen LogP contribution in [0.25, 0.3) is 0 Å². The monoisotopic (exact) mass is 393 g/mol. The first kappa shape index (κ1) is 23.9. The molecule has 28 heavy (non-hydrogen) atoms. The van der Waals surface area contributed by atoms with Gasteiger partial charge >= 0.3 is 6.16 Å². The third kappa shape index (κ3) is 7.86. The Hall–Kier alpha value is -2.12. The fourth-order valence-electron chi connectivity index (χ4n) is 2.79. The van der Waals surface area contributed by atoms with Crippen LogP contribution in [0.5, 0.6) is 5.75 Å². The van der Waals surface area contributed by atoms with Crippen LogP contribution in [0, 0.1) is 0 Å². The largest absolute Gasteiger partial charge is 0.513 e. The Morgan fingerprint density at radius 2 is 1.68 bits per heavy atom. The van der Waals surface area contributed by atoms with Gasteiger partial charge in [0.15, 0.2) is 0 Å². The fourth-order valence-corrected chi connectivity index (χ4v) is 2.79. The van der Waals surface area contributed by atoms with Gasteiger partial charge in [0.1, 0.15) is 12.4 Å². The summed E-state index contributed by atoms with van der Waals surface area (Å²) in [6.45, 7) is 8.97. The van der Waals surface area contributed by atoms with Crippen molar-refractivity contribution in [1.82, 2.24) is 5.32 Å². The second-order valence-corrected chi connectivity index (χ2v) is 7.46. The molecule has 0 spiro atoms. The number of para-hydroxylation sites is 1. The predicted octanol–water partition coefficient (Wildman–Crippen LogP) is 3.02. The average molecular weight is 394 g/mol. The van der Waals surface area contributed by atoms with Crippen LogP contribution in [0.3, 0.4) is 0 Å². The van der Waals surface area contributed by atoms with Crippen LogP contribution in [-0.2, 0) is 9.53 Å². The minimum atomic E-state index is -0.781. The van der Waals surface area contributed by atoms with Gasteiger partial charge in [0, 0.05) is 0 Å². The number of unbranched alkanes of at least 4 members (excludes halogenated alkanes) is 1. The average Bonchev–Trinajstić information content (AvgIpc) is 2.64. The SMILES string of the molecule is CC(C)c1cccc(C(C)C)c1OC(=O)OCCNC(=O)[C@@H](N)CCCCN. The van der Waals surface area contributed by atoms with Crippen molar-refractivity contribution < 1.29 is 19.1 Å². The number of carbonyl (C=O) groups excluding carboxylic acids is 2. The number of hydrogen-bond donors (Lipinski definition) is 3. The van der Waals surface area contributed by atoms with Gasteiger partial charge in [-0.05, 0) is 42.3 Å². The van der Waals surface area contributed by atoms with Crippen molar-refractivity contribution in [2.45, 2.75) is 64.8 Å². The molecule has 0 saturated carbocycles. The van der Waals surface area contributed by atoms with E-state index in [1.807, 2.05) is 45.9 Å². The lowest BCUT2D eigenvalue weighted by atomic mass is 9.94. The van der Waals surface area contributed by atoms with E-state index in [1.165, 1.54) is 0 Å². The van der Waals surface area contributed by atoms with Crippen molar-refractivity contribution in [3.05, 3.63) is 29.3 Å². The minimum Gasteiger partial charge on any atom is -0.432 e. The van der Waals surface area contributed by atoms with Gasteiger partial charge in [0.2, 0.25) is 5.91 Å². The molecule has 0 saturated heterocycles. The molecule has 1 rings (SSSR count). The van der Waals surface area contributed by atoms with Crippen molar-refractivity contribution in [1.29, 1.82) is 0 Å². The summed E-state index contributed by atoms with van der Waals surface area (Å²) in [5.41, 5.74) is 13.1. The smallest absolute Gasteiger partial charge is 0.432 e. The van der Waals surface area contributed by atoms with Crippen LogP contribution >= 0.6 is 0 Å². The molecule has 0 fully saturated rings. The van der Waals surface area contributed by atoms with E-state index in [4.69, 9.17) is 20.9 Å². The maximum absolute atomic E-state index is 12.1. The Kier molecular flexibility index (Phi) is 10.6. The highest BCUT2D eigenvalue weighted by Crippen LogP contribution is 2.34. The molecule has 1 aromatic carbocycles. The lowest BCUT2D eigenvalue weighted by molar-refractivity contribution is -0.122. The number of carbonyl (C=O) groups is 2. The Morgan fingerprint density at radius 1 is 1.07 bits per heavy atom. The van der Waals surface area contributed by atoms with Crippen LogP contribution in [0.15, 0.2) is 18.2 Å². The zero-order valence-electron chi connectivity index (χ0n) is 17.5. The maximum atomic E-state index is 12.1. The number of ether oxygens (including phenoxy) is 2. The molecule has 0 aliphatic rings.